The summed E-state index contributed by atoms with van der Waals surface area (Å²) in [6.45, 7) is 3.17. The van der Waals surface area contributed by atoms with Gasteiger partial charge >= 0.3 is 0 Å². The van der Waals surface area contributed by atoms with Gasteiger partial charge in [-0.3, -0.25) is 0 Å². The highest BCUT2D eigenvalue weighted by Gasteiger charge is 2.20. The monoisotopic (exact) mass is 218 g/mol. The summed E-state index contributed by atoms with van der Waals surface area (Å²) in [5, 5.41) is 35.6. The van der Waals surface area contributed by atoms with E-state index in [2.05, 4.69) is 0 Å². The molecule has 0 saturated heterocycles. The third kappa shape index (κ3) is 4.71. The molecule has 4 N–H and O–H groups in total. The number of allylic oxidation sites excluding steroid dienone is 1. The van der Waals surface area contributed by atoms with Crippen molar-refractivity contribution in [3.05, 3.63) is 24.4 Å². The molecule has 0 amide bonds. The number of aliphatic hydroxyl groups excluding tert-OH is 4. The first-order chi connectivity index (χ1) is 7.06. The van der Waals surface area contributed by atoms with E-state index in [1.165, 1.54) is 0 Å². The zero-order chi connectivity index (χ0) is 11.8. The molecule has 0 aromatic rings. The first-order valence-electron chi connectivity index (χ1n) is 4.67. The molecule has 0 spiro atoms. The minimum atomic E-state index is -1.13. The molecule has 0 radical (unpaired) electrons. The van der Waals surface area contributed by atoms with Gasteiger partial charge in [-0.05, 0) is 6.08 Å². The lowest BCUT2D eigenvalue weighted by Crippen LogP contribution is -2.31. The zero-order valence-corrected chi connectivity index (χ0v) is 8.87. The smallest absolute Gasteiger partial charge is 0.151 e. The number of hydrogen-bond donors (Lipinski definition) is 4. The molecule has 0 aliphatic heterocycles. The summed E-state index contributed by atoms with van der Waals surface area (Å²) >= 11 is 0. The van der Waals surface area contributed by atoms with Crippen molar-refractivity contribution in [2.24, 2.45) is 5.92 Å². The van der Waals surface area contributed by atoms with Crippen molar-refractivity contribution in [2.75, 3.05) is 6.61 Å². The SMILES string of the molecule is CC(C)/C(=C\O)OC(CO)C(O)C=CO. The molecule has 0 bridgehead atoms. The number of rotatable bonds is 6. The van der Waals surface area contributed by atoms with Gasteiger partial charge in [0, 0.05) is 5.92 Å². The van der Waals surface area contributed by atoms with Gasteiger partial charge in [0.1, 0.15) is 18.1 Å². The van der Waals surface area contributed by atoms with Crippen molar-refractivity contribution in [2.45, 2.75) is 26.1 Å². The van der Waals surface area contributed by atoms with Crippen LogP contribution in [0.15, 0.2) is 24.4 Å². The van der Waals surface area contributed by atoms with Crippen molar-refractivity contribution < 1.29 is 25.2 Å². The fraction of sp³-hybridized carbons (Fsp3) is 0.600. The molecule has 2 unspecified atom stereocenters. The van der Waals surface area contributed by atoms with E-state index in [0.29, 0.717) is 6.26 Å². The highest BCUT2D eigenvalue weighted by atomic mass is 16.5. The fourth-order valence-corrected chi connectivity index (χ4v) is 0.917. The largest absolute Gasteiger partial charge is 0.516 e. The van der Waals surface area contributed by atoms with Gasteiger partial charge in [-0.1, -0.05) is 13.8 Å². The molecule has 0 aliphatic carbocycles. The van der Waals surface area contributed by atoms with E-state index in [4.69, 9.17) is 20.1 Å². The lowest BCUT2D eigenvalue weighted by Gasteiger charge is -2.22. The molecular formula is C10H18O5. The highest BCUT2D eigenvalue weighted by molar-refractivity contribution is 4.95. The van der Waals surface area contributed by atoms with Gasteiger partial charge in [0.25, 0.3) is 0 Å². The lowest BCUT2D eigenvalue weighted by molar-refractivity contribution is -0.0237. The number of hydrogen-bond acceptors (Lipinski definition) is 5. The van der Waals surface area contributed by atoms with Crippen molar-refractivity contribution in [3.63, 3.8) is 0 Å². The summed E-state index contributed by atoms with van der Waals surface area (Å²) in [5.74, 6) is 0.203. The molecule has 0 fully saturated rings. The normalized spacial score (nSPS) is 17.0. The van der Waals surface area contributed by atoms with E-state index in [0.717, 1.165) is 12.3 Å². The Hall–Kier alpha value is -1.20. The zero-order valence-electron chi connectivity index (χ0n) is 8.87. The molecule has 0 aromatic heterocycles. The Morgan fingerprint density at radius 3 is 2.27 bits per heavy atom. The standard InChI is InChI=1S/C10H18O5/c1-7(2)9(5-12)15-10(6-13)8(14)3-4-11/h3-5,7-8,10-14H,6H2,1-2H3/b4-3?,9-5+. The Kier molecular flexibility index (Phi) is 6.57. The summed E-state index contributed by atoms with van der Waals surface area (Å²) in [4.78, 5) is 0. The van der Waals surface area contributed by atoms with Gasteiger partial charge in [0.2, 0.25) is 0 Å². The second kappa shape index (κ2) is 7.14. The lowest BCUT2D eigenvalue weighted by atomic mass is 10.1. The predicted molar refractivity (Wildman–Crippen MR) is 55.3 cm³/mol. The Balaban J connectivity index is 4.44. The van der Waals surface area contributed by atoms with Crippen molar-refractivity contribution in [3.8, 4) is 0 Å². The van der Waals surface area contributed by atoms with Crippen LogP contribution < -0.4 is 0 Å². The average Bonchev–Trinajstić information content (AvgIpc) is 2.19. The minimum absolute atomic E-state index is 0.0608. The van der Waals surface area contributed by atoms with Gasteiger partial charge < -0.3 is 25.2 Å². The highest BCUT2D eigenvalue weighted by Crippen LogP contribution is 2.15. The summed E-state index contributed by atoms with van der Waals surface area (Å²) in [5.41, 5.74) is 0. The summed E-state index contributed by atoms with van der Waals surface area (Å²) in [6, 6.07) is 0. The molecule has 0 aromatic carbocycles. The van der Waals surface area contributed by atoms with Crippen LogP contribution in [0.2, 0.25) is 0 Å². The molecule has 88 valence electrons. The number of ether oxygens (including phenoxy) is 1. The first-order valence-corrected chi connectivity index (χ1v) is 4.67. The molecule has 5 heteroatoms. The third-order valence-corrected chi connectivity index (χ3v) is 1.83. The quantitative estimate of drug-likeness (QED) is 0.496. The summed E-state index contributed by atoms with van der Waals surface area (Å²) in [6.07, 6.45) is 0.510. The van der Waals surface area contributed by atoms with E-state index < -0.39 is 18.8 Å². The van der Waals surface area contributed by atoms with E-state index in [1.54, 1.807) is 13.8 Å². The van der Waals surface area contributed by atoms with Crippen LogP contribution in [-0.4, -0.2) is 39.2 Å². The molecule has 2 atom stereocenters. The fourth-order valence-electron chi connectivity index (χ4n) is 0.917. The van der Waals surface area contributed by atoms with Crippen LogP contribution in [0, 0.1) is 5.92 Å². The number of aliphatic hydroxyl groups is 4. The third-order valence-electron chi connectivity index (χ3n) is 1.83. The van der Waals surface area contributed by atoms with Crippen molar-refractivity contribution >= 4 is 0 Å². The van der Waals surface area contributed by atoms with Gasteiger partial charge in [-0.2, -0.15) is 0 Å². The summed E-state index contributed by atoms with van der Waals surface area (Å²) < 4.78 is 5.17. The van der Waals surface area contributed by atoms with Crippen LogP contribution in [-0.2, 0) is 4.74 Å². The molecule has 15 heavy (non-hydrogen) atoms. The van der Waals surface area contributed by atoms with E-state index >= 15 is 0 Å². The van der Waals surface area contributed by atoms with Crippen molar-refractivity contribution in [1.29, 1.82) is 0 Å². The second-order valence-electron chi connectivity index (χ2n) is 3.36. The topological polar surface area (TPSA) is 90.2 Å². The molecule has 0 rings (SSSR count). The first kappa shape index (κ1) is 13.8. The Morgan fingerprint density at radius 2 is 1.93 bits per heavy atom. The van der Waals surface area contributed by atoms with Crippen LogP contribution in [0.1, 0.15) is 13.8 Å². The maximum absolute atomic E-state index is 9.39. The Morgan fingerprint density at radius 1 is 1.33 bits per heavy atom. The maximum Gasteiger partial charge on any atom is 0.151 e. The Bertz CT molecular complexity index is 222. The van der Waals surface area contributed by atoms with Crippen LogP contribution in [0.25, 0.3) is 0 Å². The molecule has 0 aliphatic rings. The molecule has 5 nitrogen and oxygen atoms in total. The van der Waals surface area contributed by atoms with E-state index in [1.807, 2.05) is 0 Å². The van der Waals surface area contributed by atoms with E-state index in [9.17, 15) is 5.11 Å². The van der Waals surface area contributed by atoms with Crippen LogP contribution >= 0.6 is 0 Å². The van der Waals surface area contributed by atoms with Crippen molar-refractivity contribution in [1.82, 2.24) is 0 Å². The maximum atomic E-state index is 9.39. The predicted octanol–water partition coefficient (Wildman–Crippen LogP) is 0.852. The molecule has 0 heterocycles. The van der Waals surface area contributed by atoms with Gasteiger partial charge in [0.15, 0.2) is 6.10 Å². The van der Waals surface area contributed by atoms with Crippen LogP contribution in [0.3, 0.4) is 0 Å². The van der Waals surface area contributed by atoms with Gasteiger partial charge in [-0.25, -0.2) is 0 Å². The van der Waals surface area contributed by atoms with Gasteiger partial charge in [0.05, 0.1) is 12.9 Å². The van der Waals surface area contributed by atoms with Gasteiger partial charge in [-0.15, -0.1) is 0 Å². The summed E-state index contributed by atoms with van der Waals surface area (Å²) in [7, 11) is 0. The molecule has 0 saturated carbocycles. The molecular weight excluding hydrogens is 200 g/mol. The van der Waals surface area contributed by atoms with Crippen LogP contribution in [0.4, 0.5) is 0 Å². The van der Waals surface area contributed by atoms with Crippen LogP contribution in [0.5, 0.6) is 0 Å². The second-order valence-corrected chi connectivity index (χ2v) is 3.36. The minimum Gasteiger partial charge on any atom is -0.516 e. The van der Waals surface area contributed by atoms with E-state index in [-0.39, 0.29) is 11.7 Å². The average molecular weight is 218 g/mol. The Labute approximate surface area is 88.9 Å².